The average molecular weight is 550 g/mol. The lowest BCUT2D eigenvalue weighted by Crippen LogP contribution is -2.48. The number of phosphoric acid groups is 3. The molecule has 1 saturated heterocycles. The van der Waals surface area contributed by atoms with Gasteiger partial charge in [0.05, 0.1) is 12.3 Å². The molecule has 2 rings (SSSR count). The number of rotatable bonds is 9. The number of H-pyrrole nitrogens is 1. The van der Waals surface area contributed by atoms with Crippen LogP contribution < -0.4 is 11.2 Å². The normalized spacial score (nSPS) is 30.5. The lowest BCUT2D eigenvalue weighted by atomic mass is 9.95. The minimum absolute atomic E-state index is 0.0527. The Balaban J connectivity index is 2.30. The molecule has 7 atom stereocenters. The molecular formula is C11H16F3N2O14P3. The van der Waals surface area contributed by atoms with Gasteiger partial charge in [0.2, 0.25) is 11.5 Å². The number of ether oxygens (including phenoxy) is 1. The summed E-state index contributed by atoms with van der Waals surface area (Å²) in [6, 6.07) is 0. The molecule has 0 aliphatic carbocycles. The maximum absolute atomic E-state index is 15.2. The van der Waals surface area contributed by atoms with E-state index in [-0.39, 0.29) is 10.8 Å². The fraction of sp³-hybridized carbons (Fsp3) is 0.636. The lowest BCUT2D eigenvalue weighted by molar-refractivity contribution is -0.0859. The van der Waals surface area contributed by atoms with Crippen molar-refractivity contribution in [1.82, 2.24) is 9.55 Å². The van der Waals surface area contributed by atoms with Gasteiger partial charge in [0.1, 0.15) is 18.9 Å². The fourth-order valence-corrected chi connectivity index (χ4v) is 5.97. The second kappa shape index (κ2) is 9.45. The highest BCUT2D eigenvalue weighted by Crippen LogP contribution is 2.66. The van der Waals surface area contributed by atoms with Crippen LogP contribution in [0.15, 0.2) is 15.8 Å². The largest absolute Gasteiger partial charge is 0.490 e. The van der Waals surface area contributed by atoms with Crippen LogP contribution >= 0.6 is 23.5 Å². The highest BCUT2D eigenvalue weighted by molar-refractivity contribution is 7.66. The maximum atomic E-state index is 15.2. The highest BCUT2D eigenvalue weighted by atomic mass is 31.3. The van der Waals surface area contributed by atoms with Crippen molar-refractivity contribution in [3.8, 4) is 0 Å². The quantitative estimate of drug-likeness (QED) is 0.209. The zero-order valence-corrected chi connectivity index (χ0v) is 18.6. The molecule has 22 heteroatoms. The first-order valence-corrected chi connectivity index (χ1v) is 12.8. The van der Waals surface area contributed by atoms with E-state index in [1.54, 1.807) is 0 Å². The summed E-state index contributed by atoms with van der Waals surface area (Å²) >= 11 is 0. The molecule has 1 aliphatic rings. The van der Waals surface area contributed by atoms with Crippen LogP contribution in [0.3, 0.4) is 0 Å². The first kappa shape index (κ1) is 28.0. The third kappa shape index (κ3) is 6.48. The number of nitrogens with zero attached hydrogens (tertiary/aromatic N) is 1. The number of aromatic amines is 1. The standard InChI is InChI=1S/C11H16F3N2O14P3/c1-4(28-32(23,24)30-33(25,26)29-31(20,21)22)6-7(17)11(14,3-12)9(27-6)16-2-5(13)8(18)15-10(16)19/h2,4,6-7,9,17H,3H2,1H3,(H,23,24)(H,25,26)(H,15,18,19)(H2,20,21,22)/t4-,6-,7+,9-,11?/m1/s1. The summed E-state index contributed by atoms with van der Waals surface area (Å²) in [5, 5.41) is 10.2. The van der Waals surface area contributed by atoms with E-state index in [4.69, 9.17) is 19.4 Å². The third-order valence-electron chi connectivity index (χ3n) is 4.06. The Kier molecular flexibility index (Phi) is 8.03. The van der Waals surface area contributed by atoms with Crippen molar-refractivity contribution in [2.24, 2.45) is 0 Å². The van der Waals surface area contributed by atoms with Crippen molar-refractivity contribution in [3.63, 3.8) is 0 Å². The van der Waals surface area contributed by atoms with Crippen LogP contribution in [-0.4, -0.2) is 64.9 Å². The van der Waals surface area contributed by atoms with Crippen molar-refractivity contribution in [3.05, 3.63) is 32.9 Å². The molecule has 0 spiro atoms. The molecule has 2 heterocycles. The van der Waals surface area contributed by atoms with Gasteiger partial charge in [0, 0.05) is 0 Å². The van der Waals surface area contributed by atoms with Gasteiger partial charge in [-0.2, -0.15) is 13.0 Å². The molecule has 1 aliphatic heterocycles. The van der Waals surface area contributed by atoms with Crippen molar-refractivity contribution < 1.29 is 69.4 Å². The van der Waals surface area contributed by atoms with Gasteiger partial charge >= 0.3 is 29.2 Å². The summed E-state index contributed by atoms with van der Waals surface area (Å²) in [5.74, 6) is -1.61. The molecule has 0 amide bonds. The number of alkyl halides is 2. The molecule has 0 radical (unpaired) electrons. The molecule has 1 aromatic heterocycles. The molecular weight excluding hydrogens is 534 g/mol. The van der Waals surface area contributed by atoms with E-state index >= 15 is 4.39 Å². The van der Waals surface area contributed by atoms with Gasteiger partial charge in [-0.1, -0.05) is 0 Å². The summed E-state index contributed by atoms with van der Waals surface area (Å²) in [6.45, 7) is -1.27. The van der Waals surface area contributed by atoms with Crippen molar-refractivity contribution in [2.45, 2.75) is 37.1 Å². The van der Waals surface area contributed by atoms with E-state index in [1.807, 2.05) is 0 Å². The average Bonchev–Trinajstić information content (AvgIpc) is 2.87. The predicted molar refractivity (Wildman–Crippen MR) is 95.4 cm³/mol. The highest BCUT2D eigenvalue weighted by Gasteiger charge is 2.61. The number of nitrogens with one attached hydrogen (secondary N) is 1. The van der Waals surface area contributed by atoms with Gasteiger partial charge in [-0.05, 0) is 6.92 Å². The first-order chi connectivity index (χ1) is 14.8. The van der Waals surface area contributed by atoms with Crippen LogP contribution in [0.1, 0.15) is 13.2 Å². The van der Waals surface area contributed by atoms with Gasteiger partial charge in [-0.25, -0.2) is 27.3 Å². The Labute approximate surface area is 180 Å². The van der Waals surface area contributed by atoms with Crippen LogP contribution in [0.5, 0.6) is 0 Å². The van der Waals surface area contributed by atoms with E-state index in [9.17, 15) is 42.1 Å². The molecule has 0 aromatic carbocycles. The summed E-state index contributed by atoms with van der Waals surface area (Å²) in [7, 11) is -17.4. The molecule has 0 saturated carbocycles. The molecule has 190 valence electrons. The molecule has 1 fully saturated rings. The van der Waals surface area contributed by atoms with E-state index in [0.29, 0.717) is 0 Å². The number of phosphoric ester groups is 1. The van der Waals surface area contributed by atoms with E-state index < -0.39 is 77.4 Å². The number of hydrogen-bond donors (Lipinski definition) is 6. The van der Waals surface area contributed by atoms with Crippen molar-refractivity contribution in [1.29, 1.82) is 0 Å². The molecule has 0 bridgehead atoms. The molecule has 16 nitrogen and oxygen atoms in total. The fourth-order valence-electron chi connectivity index (χ4n) is 2.77. The van der Waals surface area contributed by atoms with Gasteiger partial charge in [-0.15, -0.1) is 0 Å². The summed E-state index contributed by atoms with van der Waals surface area (Å²) < 4.78 is 92.5. The Bertz CT molecular complexity index is 1150. The molecule has 33 heavy (non-hydrogen) atoms. The Hall–Kier alpha value is -1.20. The Morgan fingerprint density at radius 1 is 1.21 bits per heavy atom. The molecule has 1 aromatic rings. The van der Waals surface area contributed by atoms with Gasteiger partial charge < -0.3 is 29.4 Å². The van der Waals surface area contributed by atoms with Crippen LogP contribution in [-0.2, 0) is 31.6 Å². The summed E-state index contributed by atoms with van der Waals surface area (Å²) in [4.78, 5) is 60.1. The molecule has 3 unspecified atom stereocenters. The van der Waals surface area contributed by atoms with E-state index in [1.165, 1.54) is 4.98 Å². The van der Waals surface area contributed by atoms with Crippen LogP contribution in [0.4, 0.5) is 13.2 Å². The van der Waals surface area contributed by atoms with Gasteiger partial charge in [0.25, 0.3) is 5.56 Å². The third-order valence-corrected chi connectivity index (χ3v) is 7.99. The minimum atomic E-state index is -5.91. The van der Waals surface area contributed by atoms with E-state index in [2.05, 4.69) is 13.1 Å². The van der Waals surface area contributed by atoms with Crippen LogP contribution in [0.25, 0.3) is 0 Å². The molecule has 6 N–H and O–H groups in total. The number of hydrogen-bond acceptors (Lipinski definition) is 10. The number of aliphatic hydroxyl groups is 1. The van der Waals surface area contributed by atoms with Crippen molar-refractivity contribution in [2.75, 3.05) is 6.67 Å². The smallest absolute Gasteiger partial charge is 0.387 e. The van der Waals surface area contributed by atoms with Gasteiger partial charge in [-0.3, -0.25) is 18.9 Å². The SMILES string of the molecule is C[C@@H](OP(=O)(O)OP(=O)(O)OP(=O)(O)O)[C@H]1O[C@@H](n2cc(F)c(=O)[nH]c2=O)C(F)(CF)[C@H]1O. The monoisotopic (exact) mass is 550 g/mol. The minimum Gasteiger partial charge on any atom is -0.387 e. The zero-order valence-electron chi connectivity index (χ0n) is 15.9. The lowest BCUT2D eigenvalue weighted by Gasteiger charge is -2.26. The maximum Gasteiger partial charge on any atom is 0.490 e. The Morgan fingerprint density at radius 3 is 2.30 bits per heavy atom. The summed E-state index contributed by atoms with van der Waals surface area (Å²) in [6.07, 6.45) is -8.99. The number of aliphatic hydroxyl groups excluding tert-OH is 1. The second-order valence-electron chi connectivity index (χ2n) is 6.50. The number of aromatic nitrogens is 2. The van der Waals surface area contributed by atoms with Crippen LogP contribution in [0, 0.1) is 5.82 Å². The first-order valence-electron chi connectivity index (χ1n) is 8.23. The van der Waals surface area contributed by atoms with E-state index in [0.717, 1.165) is 6.92 Å². The van der Waals surface area contributed by atoms with Crippen molar-refractivity contribution >= 4 is 23.5 Å². The second-order valence-corrected chi connectivity index (χ2v) is 10.9. The predicted octanol–water partition coefficient (Wildman–Crippen LogP) is -0.656. The topological polar surface area (TPSA) is 244 Å². The number of halogens is 3. The zero-order chi connectivity index (χ0) is 25.6. The van der Waals surface area contributed by atoms with Gasteiger partial charge in [0.15, 0.2) is 6.23 Å². The van der Waals surface area contributed by atoms with Crippen LogP contribution in [0.2, 0.25) is 0 Å². The Morgan fingerprint density at radius 2 is 1.79 bits per heavy atom. The summed E-state index contributed by atoms with van der Waals surface area (Å²) in [5.41, 5.74) is -6.47.